The van der Waals surface area contributed by atoms with E-state index in [1.165, 1.54) is 13.8 Å². The molecule has 6 nitrogen and oxygen atoms in total. The first kappa shape index (κ1) is 20.6. The van der Waals surface area contributed by atoms with E-state index in [1.54, 1.807) is 18.2 Å². The average Bonchev–Trinajstić information content (AvgIpc) is 2.58. The summed E-state index contributed by atoms with van der Waals surface area (Å²) in [7, 11) is 0. The van der Waals surface area contributed by atoms with Crippen molar-refractivity contribution in [3.05, 3.63) is 58.1 Å². The lowest BCUT2D eigenvalue weighted by Crippen LogP contribution is -2.29. The van der Waals surface area contributed by atoms with Gasteiger partial charge < -0.3 is 16.0 Å². The number of hydrogen-bond acceptors (Lipinski definition) is 3. The third-order valence-corrected chi connectivity index (χ3v) is 4.49. The molecule has 0 heterocycles. The Morgan fingerprint density at radius 1 is 0.926 bits per heavy atom. The lowest BCUT2D eigenvalue weighted by molar-refractivity contribution is -0.120. The predicted molar refractivity (Wildman–Crippen MR) is 109 cm³/mol. The monoisotopic (exact) mass is 431 g/mol. The highest BCUT2D eigenvalue weighted by Gasteiger charge is 2.18. The highest BCUT2D eigenvalue weighted by molar-refractivity contribution is 9.10. The normalized spacial score (nSPS) is 11.4. The first-order chi connectivity index (χ1) is 12.8. The van der Waals surface area contributed by atoms with Crippen LogP contribution in [0.4, 0.5) is 11.4 Å². The van der Waals surface area contributed by atoms with E-state index in [4.69, 9.17) is 0 Å². The summed E-state index contributed by atoms with van der Waals surface area (Å²) in [4.78, 5) is 35.4. The molecule has 0 bridgehead atoms. The Labute approximate surface area is 166 Å². The van der Waals surface area contributed by atoms with Gasteiger partial charge in [-0.1, -0.05) is 34.1 Å². The number of halogens is 1. The SMILES string of the molecule is CC(=O)Nc1cccc(NC(=O)CC(NC(C)=O)c2ccc(Br)cc2)c1C. The summed E-state index contributed by atoms with van der Waals surface area (Å²) in [6.45, 7) is 4.67. The molecule has 0 aromatic heterocycles. The maximum Gasteiger partial charge on any atom is 0.226 e. The molecule has 0 fully saturated rings. The Balaban J connectivity index is 2.15. The smallest absolute Gasteiger partial charge is 0.226 e. The van der Waals surface area contributed by atoms with Crippen LogP contribution in [0, 0.1) is 6.92 Å². The van der Waals surface area contributed by atoms with Crippen LogP contribution in [-0.2, 0) is 14.4 Å². The van der Waals surface area contributed by atoms with Crippen LogP contribution >= 0.6 is 15.9 Å². The number of nitrogens with one attached hydrogen (secondary N) is 3. The van der Waals surface area contributed by atoms with Crippen molar-refractivity contribution in [2.24, 2.45) is 0 Å². The third-order valence-electron chi connectivity index (χ3n) is 3.96. The molecule has 0 spiro atoms. The van der Waals surface area contributed by atoms with E-state index < -0.39 is 6.04 Å². The average molecular weight is 432 g/mol. The lowest BCUT2D eigenvalue weighted by atomic mass is 10.0. The van der Waals surface area contributed by atoms with Gasteiger partial charge in [0.15, 0.2) is 0 Å². The molecule has 27 heavy (non-hydrogen) atoms. The minimum absolute atomic E-state index is 0.0883. The molecule has 1 unspecified atom stereocenters. The number of anilines is 2. The van der Waals surface area contributed by atoms with Crippen molar-refractivity contribution in [3.8, 4) is 0 Å². The van der Waals surface area contributed by atoms with E-state index in [9.17, 15) is 14.4 Å². The quantitative estimate of drug-likeness (QED) is 0.647. The Morgan fingerprint density at radius 3 is 2.07 bits per heavy atom. The molecule has 0 saturated carbocycles. The van der Waals surface area contributed by atoms with Crippen LogP contribution < -0.4 is 16.0 Å². The van der Waals surface area contributed by atoms with Crippen LogP contribution in [0.25, 0.3) is 0 Å². The van der Waals surface area contributed by atoms with E-state index in [2.05, 4.69) is 31.9 Å². The van der Waals surface area contributed by atoms with Gasteiger partial charge in [0.25, 0.3) is 0 Å². The van der Waals surface area contributed by atoms with E-state index in [-0.39, 0.29) is 24.1 Å². The minimum atomic E-state index is -0.436. The molecule has 0 aliphatic heterocycles. The van der Waals surface area contributed by atoms with Gasteiger partial charge in [-0.3, -0.25) is 14.4 Å². The molecule has 0 aliphatic carbocycles. The molecule has 7 heteroatoms. The van der Waals surface area contributed by atoms with E-state index in [0.29, 0.717) is 11.4 Å². The van der Waals surface area contributed by atoms with Crippen molar-refractivity contribution >= 4 is 45.0 Å². The van der Waals surface area contributed by atoms with Crippen molar-refractivity contribution in [2.75, 3.05) is 10.6 Å². The van der Waals surface area contributed by atoms with Crippen LogP contribution in [0.2, 0.25) is 0 Å². The van der Waals surface area contributed by atoms with Gasteiger partial charge in [-0.2, -0.15) is 0 Å². The fraction of sp³-hybridized carbons (Fsp3) is 0.250. The van der Waals surface area contributed by atoms with Crippen LogP contribution in [0.15, 0.2) is 46.9 Å². The molecule has 0 aliphatic rings. The van der Waals surface area contributed by atoms with E-state index >= 15 is 0 Å². The molecule has 2 aromatic rings. The molecule has 2 rings (SSSR count). The van der Waals surface area contributed by atoms with Gasteiger partial charge in [0.05, 0.1) is 12.5 Å². The van der Waals surface area contributed by atoms with Crippen LogP contribution in [0.1, 0.15) is 37.4 Å². The molecule has 0 saturated heterocycles. The minimum Gasteiger partial charge on any atom is -0.349 e. The second-order valence-corrected chi connectivity index (χ2v) is 7.13. The Morgan fingerprint density at radius 2 is 1.52 bits per heavy atom. The molecule has 142 valence electrons. The molecule has 1 atom stereocenters. The van der Waals surface area contributed by atoms with Gasteiger partial charge in [-0.25, -0.2) is 0 Å². The van der Waals surface area contributed by atoms with Crippen molar-refractivity contribution < 1.29 is 14.4 Å². The van der Waals surface area contributed by atoms with Crippen molar-refractivity contribution in [1.82, 2.24) is 5.32 Å². The Kier molecular flexibility index (Phi) is 7.12. The lowest BCUT2D eigenvalue weighted by Gasteiger charge is -2.19. The predicted octanol–water partition coefficient (Wildman–Crippen LogP) is 3.92. The second-order valence-electron chi connectivity index (χ2n) is 6.22. The van der Waals surface area contributed by atoms with Gasteiger partial charge in [-0.05, 0) is 42.3 Å². The van der Waals surface area contributed by atoms with Crippen LogP contribution in [0.5, 0.6) is 0 Å². The standard InChI is InChI=1S/C20H22BrN3O3/c1-12-17(22-13(2)25)5-4-6-18(12)24-20(27)11-19(23-14(3)26)15-7-9-16(21)10-8-15/h4-10,19H,11H2,1-3H3,(H,22,25)(H,23,26)(H,24,27). The zero-order valence-electron chi connectivity index (χ0n) is 15.4. The number of rotatable bonds is 6. The summed E-state index contributed by atoms with van der Waals surface area (Å²) >= 11 is 3.38. The number of hydrogen-bond donors (Lipinski definition) is 3. The molecule has 0 radical (unpaired) electrons. The summed E-state index contributed by atoms with van der Waals surface area (Å²) in [6, 6.07) is 12.3. The topological polar surface area (TPSA) is 87.3 Å². The number of amides is 3. The number of benzene rings is 2. The van der Waals surface area contributed by atoms with E-state index in [0.717, 1.165) is 15.6 Å². The van der Waals surface area contributed by atoms with Gasteiger partial charge in [-0.15, -0.1) is 0 Å². The van der Waals surface area contributed by atoms with Gasteiger partial charge in [0.1, 0.15) is 0 Å². The largest absolute Gasteiger partial charge is 0.349 e. The van der Waals surface area contributed by atoms with Gasteiger partial charge in [0.2, 0.25) is 17.7 Å². The zero-order valence-corrected chi connectivity index (χ0v) is 17.0. The number of carbonyl (C=O) groups excluding carboxylic acids is 3. The fourth-order valence-electron chi connectivity index (χ4n) is 2.68. The molecular weight excluding hydrogens is 410 g/mol. The summed E-state index contributed by atoms with van der Waals surface area (Å²) in [6.07, 6.45) is 0.0883. The maximum absolute atomic E-state index is 12.6. The Hall–Kier alpha value is -2.67. The van der Waals surface area contributed by atoms with Crippen molar-refractivity contribution in [3.63, 3.8) is 0 Å². The number of carbonyl (C=O) groups is 3. The fourth-order valence-corrected chi connectivity index (χ4v) is 2.94. The van der Waals surface area contributed by atoms with Crippen molar-refractivity contribution in [2.45, 2.75) is 33.2 Å². The van der Waals surface area contributed by atoms with Gasteiger partial charge >= 0.3 is 0 Å². The summed E-state index contributed by atoms with van der Waals surface area (Å²) in [5, 5.41) is 8.40. The summed E-state index contributed by atoms with van der Waals surface area (Å²) < 4.78 is 0.919. The molecule has 2 aromatic carbocycles. The highest BCUT2D eigenvalue weighted by Crippen LogP contribution is 2.25. The van der Waals surface area contributed by atoms with Crippen molar-refractivity contribution in [1.29, 1.82) is 0 Å². The van der Waals surface area contributed by atoms with Crippen LogP contribution in [0.3, 0.4) is 0 Å². The zero-order chi connectivity index (χ0) is 20.0. The Bertz CT molecular complexity index is 850. The first-order valence-electron chi connectivity index (χ1n) is 8.46. The second kappa shape index (κ2) is 9.32. The first-order valence-corrected chi connectivity index (χ1v) is 9.25. The highest BCUT2D eigenvalue weighted by atomic mass is 79.9. The third kappa shape index (κ3) is 6.21. The summed E-state index contributed by atoms with van der Waals surface area (Å²) in [5.41, 5.74) is 2.86. The van der Waals surface area contributed by atoms with Gasteiger partial charge in [0, 0.05) is 29.7 Å². The maximum atomic E-state index is 12.6. The molecular formula is C20H22BrN3O3. The van der Waals surface area contributed by atoms with E-state index in [1.807, 2.05) is 31.2 Å². The summed E-state index contributed by atoms with van der Waals surface area (Å²) in [5.74, 6) is -0.623. The molecule has 3 N–H and O–H groups in total. The van der Waals surface area contributed by atoms with Crippen LogP contribution in [-0.4, -0.2) is 17.7 Å². The molecule has 3 amide bonds.